The molecule has 1 fully saturated rings. The quantitative estimate of drug-likeness (QED) is 0.286. The van der Waals surface area contributed by atoms with E-state index in [1.165, 1.54) is 37.6 Å². The number of nitrogens with zero attached hydrogens (tertiary/aromatic N) is 4. The Balaban J connectivity index is 1.80. The minimum atomic E-state index is -1.27. The third-order valence-corrected chi connectivity index (χ3v) is 5.94. The van der Waals surface area contributed by atoms with E-state index in [0.29, 0.717) is 5.57 Å². The van der Waals surface area contributed by atoms with Crippen molar-refractivity contribution in [2.75, 3.05) is 25.7 Å². The van der Waals surface area contributed by atoms with Crippen molar-refractivity contribution in [3.8, 4) is 0 Å². The van der Waals surface area contributed by atoms with Crippen LogP contribution in [-0.4, -0.2) is 76.1 Å². The Bertz CT molecular complexity index is 941. The molecule has 0 radical (unpaired) electrons. The summed E-state index contributed by atoms with van der Waals surface area (Å²) < 4.78 is 0. The normalized spacial score (nSPS) is 21.7. The van der Waals surface area contributed by atoms with Gasteiger partial charge in [0.2, 0.25) is 0 Å². The highest BCUT2D eigenvalue weighted by Gasteiger charge is 2.54. The molecule has 14 heteroatoms. The van der Waals surface area contributed by atoms with Gasteiger partial charge in [0.25, 0.3) is 11.8 Å². The van der Waals surface area contributed by atoms with Crippen LogP contribution in [0.5, 0.6) is 0 Å². The van der Waals surface area contributed by atoms with Crippen LogP contribution in [0.25, 0.3) is 0 Å². The molecule has 2 aliphatic rings. The number of aromatic nitrogens is 1. The van der Waals surface area contributed by atoms with Crippen LogP contribution in [-0.2, 0) is 24.1 Å². The summed E-state index contributed by atoms with van der Waals surface area (Å²) in [6.07, 6.45) is 1.25. The lowest BCUT2D eigenvalue weighted by molar-refractivity contribution is -0.150. The van der Waals surface area contributed by atoms with Crippen LogP contribution in [0.4, 0.5) is 5.13 Å². The molecule has 1 unspecified atom stereocenters. The summed E-state index contributed by atoms with van der Waals surface area (Å²) in [7, 11) is 2.59. The number of fused-ring (bicyclic) bond motifs is 1. The summed E-state index contributed by atoms with van der Waals surface area (Å²) in [5.74, 6) is -2.25. The number of nitrogens with one attached hydrogen (secondary N) is 1. The van der Waals surface area contributed by atoms with Crippen molar-refractivity contribution in [2.24, 2.45) is 10.3 Å². The van der Waals surface area contributed by atoms with Gasteiger partial charge in [0.1, 0.15) is 37.0 Å². The number of rotatable bonds is 7. The van der Waals surface area contributed by atoms with Gasteiger partial charge in [-0.25, -0.2) is 9.78 Å². The maximum absolute atomic E-state index is 12.6. The number of carbonyl (C=O) groups excluding carboxylic acids is 2. The average molecular weight is 440 g/mol. The number of aliphatic carboxylic acids is 1. The molecule has 12 nitrogen and oxygen atoms in total. The molecule has 4 N–H and O–H groups in total. The zero-order chi connectivity index (χ0) is 21.1. The van der Waals surface area contributed by atoms with Crippen LogP contribution >= 0.6 is 23.1 Å². The first-order valence-corrected chi connectivity index (χ1v) is 9.92. The second kappa shape index (κ2) is 8.48. The van der Waals surface area contributed by atoms with Crippen molar-refractivity contribution in [3.63, 3.8) is 0 Å². The highest BCUT2D eigenvalue weighted by atomic mass is 32.2. The molecule has 3 rings (SSSR count). The van der Waals surface area contributed by atoms with Crippen LogP contribution in [0, 0.1) is 0 Å². The summed E-state index contributed by atoms with van der Waals surface area (Å²) in [6.45, 7) is 0. The zero-order valence-electron chi connectivity index (χ0n) is 15.2. The standard InChI is InChI=1S/C15H16N6O6S2/c1-26-17-3-6-4-28-13-9(12(23)21(13)10(6)14(24)25)19-11(22)8(20-27-2)7-5-29-15(16)18-7/h3,5,9,13H,4H2,1-2H3,(H2,16,18)(H,19,22)(H,24,25)/t9?,13-/m1/s1. The van der Waals surface area contributed by atoms with Crippen molar-refractivity contribution in [2.45, 2.75) is 11.4 Å². The number of oxime groups is 2. The predicted molar refractivity (Wildman–Crippen MR) is 105 cm³/mol. The van der Waals surface area contributed by atoms with Crippen LogP contribution in [0.15, 0.2) is 27.0 Å². The third kappa shape index (κ3) is 3.88. The average Bonchev–Trinajstić information content (AvgIpc) is 3.13. The van der Waals surface area contributed by atoms with Gasteiger partial charge in [0, 0.05) is 16.7 Å². The van der Waals surface area contributed by atoms with Gasteiger partial charge in [-0.15, -0.1) is 23.1 Å². The minimum Gasteiger partial charge on any atom is -0.477 e. The largest absolute Gasteiger partial charge is 0.477 e. The van der Waals surface area contributed by atoms with Gasteiger partial charge in [-0.2, -0.15) is 0 Å². The van der Waals surface area contributed by atoms with Crippen molar-refractivity contribution < 1.29 is 29.2 Å². The van der Waals surface area contributed by atoms with Crippen LogP contribution in [0.1, 0.15) is 5.69 Å². The van der Waals surface area contributed by atoms with Crippen LogP contribution < -0.4 is 11.1 Å². The van der Waals surface area contributed by atoms with Gasteiger partial charge >= 0.3 is 5.97 Å². The molecule has 0 saturated carbocycles. The Morgan fingerprint density at radius 2 is 2.21 bits per heavy atom. The molecular formula is C15H16N6O6S2. The SMILES string of the molecule is CON=CC1=C(C(=O)O)N2C(=O)C(NC(=O)C(=NOC)c3csc(N)n3)[C@H]2SC1. The topological polar surface area (TPSA) is 169 Å². The van der Waals surface area contributed by atoms with Crippen molar-refractivity contribution >= 4 is 57.9 Å². The van der Waals surface area contributed by atoms with Crippen molar-refractivity contribution in [1.29, 1.82) is 0 Å². The summed E-state index contributed by atoms with van der Waals surface area (Å²) in [5.41, 5.74) is 5.79. The van der Waals surface area contributed by atoms with Crippen LogP contribution in [0.2, 0.25) is 0 Å². The number of thioether (sulfide) groups is 1. The molecule has 2 amide bonds. The molecule has 1 aromatic heterocycles. The maximum Gasteiger partial charge on any atom is 0.353 e. The fourth-order valence-corrected chi connectivity index (χ4v) is 4.61. The second-order valence-electron chi connectivity index (χ2n) is 5.65. The van der Waals surface area contributed by atoms with E-state index < -0.39 is 29.2 Å². The minimum absolute atomic E-state index is 0.144. The fraction of sp³-hybridized carbons (Fsp3) is 0.333. The van der Waals surface area contributed by atoms with E-state index in [9.17, 15) is 19.5 Å². The Morgan fingerprint density at radius 1 is 1.45 bits per heavy atom. The number of thiazole rings is 1. The fourth-order valence-electron chi connectivity index (χ4n) is 2.76. The number of hydrogen-bond donors (Lipinski definition) is 3. The molecule has 0 bridgehead atoms. The molecule has 3 heterocycles. The summed E-state index contributed by atoms with van der Waals surface area (Å²) in [5, 5.41) is 20.5. The lowest BCUT2D eigenvalue weighted by atomic mass is 10.0. The Kier molecular flexibility index (Phi) is 6.03. The molecule has 2 aliphatic heterocycles. The van der Waals surface area contributed by atoms with Gasteiger partial charge in [-0.05, 0) is 0 Å². The van der Waals surface area contributed by atoms with Crippen molar-refractivity contribution in [3.05, 3.63) is 22.3 Å². The predicted octanol–water partition coefficient (Wildman–Crippen LogP) is -0.553. The number of nitrogen functional groups attached to an aromatic ring is 1. The van der Waals surface area contributed by atoms with E-state index in [4.69, 9.17) is 10.6 Å². The van der Waals surface area contributed by atoms with E-state index in [-0.39, 0.29) is 28.0 Å². The highest BCUT2D eigenvalue weighted by molar-refractivity contribution is 8.00. The summed E-state index contributed by atoms with van der Waals surface area (Å²) in [6, 6.07) is -0.930. The first-order chi connectivity index (χ1) is 13.9. The first kappa shape index (κ1) is 20.6. The second-order valence-corrected chi connectivity index (χ2v) is 7.65. The van der Waals surface area contributed by atoms with E-state index in [1.807, 2.05) is 0 Å². The summed E-state index contributed by atoms with van der Waals surface area (Å²) in [4.78, 5) is 51.3. The van der Waals surface area contributed by atoms with E-state index in [0.717, 1.165) is 16.2 Å². The Morgan fingerprint density at radius 3 is 2.79 bits per heavy atom. The molecule has 1 aromatic rings. The smallest absolute Gasteiger partial charge is 0.353 e. The van der Waals surface area contributed by atoms with Gasteiger partial charge in [0.05, 0.1) is 6.21 Å². The third-order valence-electron chi connectivity index (χ3n) is 3.96. The van der Waals surface area contributed by atoms with E-state index in [1.54, 1.807) is 0 Å². The number of carboxylic acid groups (broad SMARTS) is 1. The van der Waals surface area contributed by atoms with Gasteiger partial charge in [0.15, 0.2) is 10.8 Å². The van der Waals surface area contributed by atoms with Crippen molar-refractivity contribution in [1.82, 2.24) is 15.2 Å². The summed E-state index contributed by atoms with van der Waals surface area (Å²) >= 11 is 2.41. The maximum atomic E-state index is 12.6. The highest BCUT2D eigenvalue weighted by Crippen LogP contribution is 2.39. The number of β-lactam (4-membered cyclic amide) rings is 1. The Labute approximate surface area is 172 Å². The monoisotopic (exact) mass is 440 g/mol. The van der Waals surface area contributed by atoms with Gasteiger partial charge in [-0.1, -0.05) is 10.3 Å². The number of carbonyl (C=O) groups is 3. The molecule has 0 aliphatic carbocycles. The molecular weight excluding hydrogens is 424 g/mol. The van der Waals surface area contributed by atoms with E-state index in [2.05, 4.69) is 25.4 Å². The number of anilines is 1. The van der Waals surface area contributed by atoms with Crippen LogP contribution in [0.3, 0.4) is 0 Å². The molecule has 0 spiro atoms. The molecule has 29 heavy (non-hydrogen) atoms. The molecule has 1 saturated heterocycles. The molecule has 0 aromatic carbocycles. The van der Waals surface area contributed by atoms with E-state index >= 15 is 0 Å². The Hall–Kier alpha value is -3.13. The lowest BCUT2D eigenvalue weighted by Crippen LogP contribution is -2.71. The number of carboxylic acids is 1. The lowest BCUT2D eigenvalue weighted by Gasteiger charge is -2.49. The number of amides is 2. The first-order valence-electron chi connectivity index (χ1n) is 8.00. The number of hydrogen-bond acceptors (Lipinski definition) is 11. The number of nitrogens with two attached hydrogens (primary N) is 1. The molecule has 2 atom stereocenters. The zero-order valence-corrected chi connectivity index (χ0v) is 16.8. The van der Waals surface area contributed by atoms with Gasteiger partial charge in [-0.3, -0.25) is 14.5 Å². The van der Waals surface area contributed by atoms with Gasteiger partial charge < -0.3 is 25.8 Å². The molecule has 154 valence electrons.